The molecular formula is C17H21N3O4. The third kappa shape index (κ3) is 3.86. The van der Waals surface area contributed by atoms with E-state index in [1.807, 2.05) is 18.2 Å². The van der Waals surface area contributed by atoms with Gasteiger partial charge in [-0.3, -0.25) is 4.90 Å². The maximum Gasteiger partial charge on any atom is 0.407 e. The number of anilines is 1. The molecule has 0 unspecified atom stereocenters. The van der Waals surface area contributed by atoms with Gasteiger partial charge in [0.25, 0.3) is 0 Å². The molecule has 7 nitrogen and oxygen atoms in total. The van der Waals surface area contributed by atoms with Crippen molar-refractivity contribution >= 4 is 22.7 Å². The van der Waals surface area contributed by atoms with Crippen molar-refractivity contribution in [3.8, 4) is 0 Å². The molecule has 0 saturated carbocycles. The van der Waals surface area contributed by atoms with Crippen LogP contribution in [0, 0.1) is 0 Å². The Morgan fingerprint density at radius 3 is 2.71 bits per heavy atom. The molecule has 0 aliphatic carbocycles. The fraction of sp³-hybridized carbons (Fsp3) is 0.412. The summed E-state index contributed by atoms with van der Waals surface area (Å²) in [5.74, 6) is 0. The Labute approximate surface area is 139 Å². The van der Waals surface area contributed by atoms with Crippen LogP contribution in [0.3, 0.4) is 0 Å². The van der Waals surface area contributed by atoms with Crippen LogP contribution in [0.1, 0.15) is 6.42 Å². The van der Waals surface area contributed by atoms with Crippen LogP contribution in [0.25, 0.3) is 11.0 Å². The van der Waals surface area contributed by atoms with Crippen molar-refractivity contribution in [2.24, 2.45) is 0 Å². The summed E-state index contributed by atoms with van der Waals surface area (Å²) in [6.07, 6.45) is 0.0767. The lowest BCUT2D eigenvalue weighted by molar-refractivity contribution is 0.105. The van der Waals surface area contributed by atoms with Crippen molar-refractivity contribution in [2.75, 3.05) is 44.6 Å². The summed E-state index contributed by atoms with van der Waals surface area (Å²) in [6, 6.07) is 8.94. The Balaban J connectivity index is 1.49. The minimum absolute atomic E-state index is 0.360. The molecule has 24 heavy (non-hydrogen) atoms. The second-order valence-electron chi connectivity index (χ2n) is 5.87. The number of fused-ring (bicyclic) bond motifs is 1. The number of rotatable bonds is 5. The van der Waals surface area contributed by atoms with Crippen molar-refractivity contribution in [3.63, 3.8) is 0 Å². The van der Waals surface area contributed by atoms with E-state index in [9.17, 15) is 9.59 Å². The molecule has 0 radical (unpaired) electrons. The number of nitrogens with one attached hydrogen (secondary N) is 1. The Bertz CT molecular complexity index is 766. The van der Waals surface area contributed by atoms with E-state index in [1.165, 1.54) is 11.0 Å². The third-order valence-corrected chi connectivity index (χ3v) is 4.26. The van der Waals surface area contributed by atoms with E-state index in [-0.39, 0.29) is 5.63 Å². The number of carboxylic acid groups (broad SMARTS) is 1. The molecular weight excluding hydrogens is 310 g/mol. The molecule has 3 rings (SSSR count). The number of benzene rings is 1. The zero-order valence-corrected chi connectivity index (χ0v) is 13.4. The van der Waals surface area contributed by atoms with E-state index < -0.39 is 6.09 Å². The second kappa shape index (κ2) is 7.35. The molecule has 1 aromatic heterocycles. The summed E-state index contributed by atoms with van der Waals surface area (Å²) >= 11 is 0. The molecule has 7 heteroatoms. The molecule has 2 heterocycles. The molecule has 0 spiro atoms. The maximum absolute atomic E-state index is 11.6. The van der Waals surface area contributed by atoms with E-state index in [1.54, 1.807) is 6.07 Å². The van der Waals surface area contributed by atoms with Crippen molar-refractivity contribution in [1.29, 1.82) is 0 Å². The van der Waals surface area contributed by atoms with Crippen LogP contribution in [-0.4, -0.2) is 60.3 Å². The Hall–Kier alpha value is -2.54. The quantitative estimate of drug-likeness (QED) is 0.643. The van der Waals surface area contributed by atoms with Gasteiger partial charge < -0.3 is 19.7 Å². The minimum atomic E-state index is -0.842. The average Bonchev–Trinajstić information content (AvgIpc) is 2.58. The second-order valence-corrected chi connectivity index (χ2v) is 5.87. The van der Waals surface area contributed by atoms with Gasteiger partial charge in [-0.05, 0) is 25.1 Å². The van der Waals surface area contributed by atoms with Gasteiger partial charge in [0.05, 0.1) is 5.69 Å². The van der Waals surface area contributed by atoms with Gasteiger partial charge in [0.15, 0.2) is 0 Å². The number of hydrogen-bond donors (Lipinski definition) is 2. The van der Waals surface area contributed by atoms with Gasteiger partial charge >= 0.3 is 11.7 Å². The van der Waals surface area contributed by atoms with Crippen LogP contribution < -0.4 is 10.9 Å². The van der Waals surface area contributed by atoms with Gasteiger partial charge in [-0.15, -0.1) is 0 Å². The van der Waals surface area contributed by atoms with Crippen LogP contribution in [-0.2, 0) is 0 Å². The van der Waals surface area contributed by atoms with Gasteiger partial charge in [-0.2, -0.15) is 0 Å². The lowest BCUT2D eigenvalue weighted by atomic mass is 10.2. The van der Waals surface area contributed by atoms with Gasteiger partial charge in [-0.1, -0.05) is 12.1 Å². The van der Waals surface area contributed by atoms with Crippen molar-refractivity contribution in [2.45, 2.75) is 6.42 Å². The lowest BCUT2D eigenvalue weighted by Gasteiger charge is -2.33. The standard InChI is InChI=1S/C17H21N3O4/c21-16-12-14(13-4-1-2-5-15(13)24-16)18-6-3-7-19-8-10-20(11-9-19)17(22)23/h1-2,4-5,12,18H,3,6-11H2,(H,22,23). The molecule has 2 N–H and O–H groups in total. The van der Waals surface area contributed by atoms with E-state index in [2.05, 4.69) is 10.2 Å². The first-order valence-electron chi connectivity index (χ1n) is 8.10. The SMILES string of the molecule is O=C(O)N1CCN(CCCNc2cc(=O)oc3ccccc23)CC1. The number of amides is 1. The number of piperazine rings is 1. The van der Waals surface area contributed by atoms with Crippen molar-refractivity contribution in [3.05, 3.63) is 40.8 Å². The average molecular weight is 331 g/mol. The summed E-state index contributed by atoms with van der Waals surface area (Å²) in [5.41, 5.74) is 1.01. The Morgan fingerprint density at radius 1 is 1.21 bits per heavy atom. The molecule has 0 atom stereocenters. The normalized spacial score (nSPS) is 15.6. The summed E-state index contributed by atoms with van der Waals surface area (Å²) in [5, 5.41) is 13.1. The summed E-state index contributed by atoms with van der Waals surface area (Å²) in [4.78, 5) is 26.2. The fourth-order valence-electron chi connectivity index (χ4n) is 2.95. The van der Waals surface area contributed by atoms with Crippen LogP contribution in [0.15, 0.2) is 39.5 Å². The molecule has 2 aromatic rings. The van der Waals surface area contributed by atoms with Crippen LogP contribution >= 0.6 is 0 Å². The molecule has 128 valence electrons. The molecule has 1 saturated heterocycles. The third-order valence-electron chi connectivity index (χ3n) is 4.26. The van der Waals surface area contributed by atoms with Crippen LogP contribution in [0.5, 0.6) is 0 Å². The Kier molecular flexibility index (Phi) is 5.00. The number of carbonyl (C=O) groups is 1. The lowest BCUT2D eigenvalue weighted by Crippen LogP contribution is -2.48. The van der Waals surface area contributed by atoms with E-state index in [0.29, 0.717) is 18.7 Å². The molecule has 1 aliphatic rings. The first-order chi connectivity index (χ1) is 11.6. The number of hydrogen-bond acceptors (Lipinski definition) is 5. The first-order valence-corrected chi connectivity index (χ1v) is 8.10. The highest BCUT2D eigenvalue weighted by Gasteiger charge is 2.19. The van der Waals surface area contributed by atoms with Gasteiger partial charge in [0, 0.05) is 44.2 Å². The first kappa shape index (κ1) is 16.3. The molecule has 1 amide bonds. The highest BCUT2D eigenvalue weighted by atomic mass is 16.4. The van der Waals surface area contributed by atoms with Gasteiger partial charge in [-0.25, -0.2) is 9.59 Å². The monoisotopic (exact) mass is 331 g/mol. The van der Waals surface area contributed by atoms with E-state index in [4.69, 9.17) is 9.52 Å². The molecule has 0 bridgehead atoms. The zero-order chi connectivity index (χ0) is 16.9. The highest BCUT2D eigenvalue weighted by molar-refractivity contribution is 5.89. The predicted molar refractivity (Wildman–Crippen MR) is 91.6 cm³/mol. The Morgan fingerprint density at radius 2 is 1.96 bits per heavy atom. The molecule has 1 aliphatic heterocycles. The van der Waals surface area contributed by atoms with E-state index >= 15 is 0 Å². The number of para-hydroxylation sites is 1. The molecule has 1 aromatic carbocycles. The molecule has 1 fully saturated rings. The fourth-order valence-corrected chi connectivity index (χ4v) is 2.95. The van der Waals surface area contributed by atoms with Crippen molar-refractivity contribution in [1.82, 2.24) is 9.80 Å². The van der Waals surface area contributed by atoms with Crippen LogP contribution in [0.4, 0.5) is 10.5 Å². The van der Waals surface area contributed by atoms with E-state index in [0.717, 1.165) is 43.7 Å². The predicted octanol–water partition coefficient (Wildman–Crippen LogP) is 1.89. The number of nitrogens with zero attached hydrogens (tertiary/aromatic N) is 2. The minimum Gasteiger partial charge on any atom is -0.465 e. The van der Waals surface area contributed by atoms with Crippen LogP contribution in [0.2, 0.25) is 0 Å². The zero-order valence-electron chi connectivity index (χ0n) is 13.4. The highest BCUT2D eigenvalue weighted by Crippen LogP contribution is 2.20. The topological polar surface area (TPSA) is 86.0 Å². The van der Waals surface area contributed by atoms with Crippen molar-refractivity contribution < 1.29 is 14.3 Å². The summed E-state index contributed by atoms with van der Waals surface area (Å²) in [7, 11) is 0. The van der Waals surface area contributed by atoms with Gasteiger partial charge in [0.2, 0.25) is 0 Å². The maximum atomic E-state index is 11.6. The largest absolute Gasteiger partial charge is 0.465 e. The summed E-state index contributed by atoms with van der Waals surface area (Å²) in [6.45, 7) is 4.31. The smallest absolute Gasteiger partial charge is 0.407 e. The van der Waals surface area contributed by atoms with Gasteiger partial charge in [0.1, 0.15) is 5.58 Å². The summed E-state index contributed by atoms with van der Waals surface area (Å²) < 4.78 is 5.18.